The number of carbonyl (C=O) groups is 1. The van der Waals surface area contributed by atoms with Crippen LogP contribution >= 0.6 is 8.38 Å². The summed E-state index contributed by atoms with van der Waals surface area (Å²) >= 11 is 0. The van der Waals surface area contributed by atoms with Crippen LogP contribution in [0.25, 0.3) is 11.1 Å². The molecular formula is C28H31F3N7O3P. The molecule has 2 heterocycles. The number of anilines is 4. The molecule has 0 aliphatic carbocycles. The van der Waals surface area contributed by atoms with Crippen LogP contribution in [0.2, 0.25) is 0 Å². The van der Waals surface area contributed by atoms with Crippen LogP contribution in [0.15, 0.2) is 61.1 Å². The summed E-state index contributed by atoms with van der Waals surface area (Å²) in [7, 11) is 2.14. The Kier molecular flexibility index (Phi) is 10.1. The van der Waals surface area contributed by atoms with Gasteiger partial charge >= 0.3 is 6.18 Å². The number of aromatic nitrogens is 4. The van der Waals surface area contributed by atoms with Gasteiger partial charge in [0.2, 0.25) is 5.95 Å². The molecule has 2 aromatic heterocycles. The SMILES string of the molecule is CCOP(Cc1ccc(Nc2ncc(C(F)(F)F)c(Nc3ccc(-c4cnn(C)c4)cc3C(=O)NC)n2)cc1)OCC. The molecule has 14 heteroatoms. The Labute approximate surface area is 242 Å². The van der Waals surface area contributed by atoms with E-state index in [2.05, 4.69) is 31.0 Å². The van der Waals surface area contributed by atoms with Crippen LogP contribution in [0.1, 0.15) is 35.3 Å². The fourth-order valence-electron chi connectivity index (χ4n) is 3.99. The Morgan fingerprint density at radius 2 is 1.71 bits per heavy atom. The number of nitrogens with one attached hydrogen (secondary N) is 3. The molecule has 42 heavy (non-hydrogen) atoms. The summed E-state index contributed by atoms with van der Waals surface area (Å²) in [6.45, 7) is 4.91. The molecule has 4 rings (SSSR count). The number of hydrogen-bond acceptors (Lipinski definition) is 8. The minimum atomic E-state index is -4.75. The summed E-state index contributed by atoms with van der Waals surface area (Å²) in [4.78, 5) is 20.7. The molecule has 0 atom stereocenters. The zero-order valence-electron chi connectivity index (χ0n) is 23.5. The number of aryl methyl sites for hydroxylation is 1. The summed E-state index contributed by atoms with van der Waals surface area (Å²) in [5.41, 5.74) is 2.18. The molecule has 2 aromatic carbocycles. The monoisotopic (exact) mass is 601 g/mol. The Morgan fingerprint density at radius 1 is 1.00 bits per heavy atom. The van der Waals surface area contributed by atoms with E-state index in [0.29, 0.717) is 36.8 Å². The van der Waals surface area contributed by atoms with Gasteiger partial charge in [-0.2, -0.15) is 23.3 Å². The molecule has 1 amide bonds. The van der Waals surface area contributed by atoms with Gasteiger partial charge in [-0.05, 0) is 49.2 Å². The lowest BCUT2D eigenvalue weighted by molar-refractivity contribution is -0.137. The van der Waals surface area contributed by atoms with Crippen molar-refractivity contribution in [3.05, 3.63) is 77.7 Å². The van der Waals surface area contributed by atoms with Gasteiger partial charge < -0.3 is 25.0 Å². The van der Waals surface area contributed by atoms with E-state index < -0.39 is 31.8 Å². The van der Waals surface area contributed by atoms with E-state index in [1.54, 1.807) is 48.4 Å². The second kappa shape index (κ2) is 13.7. The Hall–Kier alpha value is -4.06. The van der Waals surface area contributed by atoms with E-state index >= 15 is 0 Å². The average molecular weight is 602 g/mol. The van der Waals surface area contributed by atoms with Crippen molar-refractivity contribution in [2.24, 2.45) is 7.05 Å². The van der Waals surface area contributed by atoms with Crippen LogP contribution in [0, 0.1) is 0 Å². The van der Waals surface area contributed by atoms with Gasteiger partial charge in [-0.3, -0.25) is 9.48 Å². The third kappa shape index (κ3) is 7.81. The molecule has 0 radical (unpaired) electrons. The molecule has 0 spiro atoms. The van der Waals surface area contributed by atoms with E-state index in [-0.39, 0.29) is 17.2 Å². The maximum atomic E-state index is 13.9. The molecule has 0 fully saturated rings. The number of amides is 1. The van der Waals surface area contributed by atoms with Gasteiger partial charge in [-0.25, -0.2) is 4.98 Å². The van der Waals surface area contributed by atoms with Crippen molar-refractivity contribution in [2.45, 2.75) is 26.2 Å². The first-order valence-electron chi connectivity index (χ1n) is 13.1. The van der Waals surface area contributed by atoms with Gasteiger partial charge in [0.1, 0.15) is 11.4 Å². The first-order valence-corrected chi connectivity index (χ1v) is 14.4. The molecule has 0 saturated carbocycles. The van der Waals surface area contributed by atoms with Crippen molar-refractivity contribution in [3.8, 4) is 11.1 Å². The molecule has 0 saturated heterocycles. The standard InChI is InChI=1S/C28H31F3N7O3P/c1-5-40-42(41-6-2)17-18-7-10-21(11-8-18)35-27-33-15-23(28(29,30)31)25(37-27)36-24-12-9-19(13-22(24)26(39)32-3)20-14-34-38(4)16-20/h7-16H,5-6,17H2,1-4H3,(H,32,39)(H2,33,35,36,37). The molecular weight excluding hydrogens is 570 g/mol. The fourth-order valence-corrected chi connectivity index (χ4v) is 5.33. The van der Waals surface area contributed by atoms with Crippen molar-refractivity contribution in [3.63, 3.8) is 0 Å². The summed E-state index contributed by atoms with van der Waals surface area (Å²) in [6.07, 6.45) is -0.0406. The lowest BCUT2D eigenvalue weighted by Crippen LogP contribution is -2.20. The molecule has 0 aliphatic heterocycles. The number of carbonyl (C=O) groups excluding carboxylic acids is 1. The predicted molar refractivity (Wildman–Crippen MR) is 156 cm³/mol. The molecule has 0 unspecified atom stereocenters. The van der Waals surface area contributed by atoms with Crippen LogP contribution < -0.4 is 16.0 Å². The zero-order valence-corrected chi connectivity index (χ0v) is 24.4. The first-order chi connectivity index (χ1) is 20.1. The Morgan fingerprint density at radius 3 is 2.31 bits per heavy atom. The van der Waals surface area contributed by atoms with Gasteiger partial charge in [0.05, 0.1) is 30.7 Å². The normalized spacial score (nSPS) is 11.5. The third-order valence-electron chi connectivity index (χ3n) is 5.94. The van der Waals surface area contributed by atoms with Gasteiger partial charge in [-0.1, -0.05) is 18.2 Å². The number of benzene rings is 2. The number of hydrogen-bond donors (Lipinski definition) is 3. The van der Waals surface area contributed by atoms with Crippen molar-refractivity contribution < 1.29 is 27.0 Å². The van der Waals surface area contributed by atoms with Crippen molar-refractivity contribution in [1.82, 2.24) is 25.1 Å². The van der Waals surface area contributed by atoms with Gasteiger partial charge in [0.25, 0.3) is 5.91 Å². The summed E-state index contributed by atoms with van der Waals surface area (Å²) < 4.78 is 54.7. The highest BCUT2D eigenvalue weighted by Gasteiger charge is 2.35. The van der Waals surface area contributed by atoms with Crippen LogP contribution in [-0.2, 0) is 28.4 Å². The smallest absolute Gasteiger partial charge is 0.355 e. The topological polar surface area (TPSA) is 115 Å². The zero-order chi connectivity index (χ0) is 30.3. The maximum absolute atomic E-state index is 13.9. The van der Waals surface area contributed by atoms with Crippen LogP contribution in [0.3, 0.4) is 0 Å². The second-order valence-corrected chi connectivity index (χ2v) is 10.5. The Balaban J connectivity index is 1.61. The second-order valence-electron chi connectivity index (χ2n) is 8.97. The summed E-state index contributed by atoms with van der Waals surface area (Å²) in [5.74, 6) is -1.05. The highest BCUT2D eigenvalue weighted by Crippen LogP contribution is 2.42. The molecule has 10 nitrogen and oxygen atoms in total. The van der Waals surface area contributed by atoms with Crippen molar-refractivity contribution in [1.29, 1.82) is 0 Å². The summed E-state index contributed by atoms with van der Waals surface area (Å²) in [6, 6.07) is 12.1. The number of halogens is 3. The van der Waals surface area contributed by atoms with Crippen molar-refractivity contribution in [2.75, 3.05) is 30.9 Å². The number of alkyl halides is 3. The summed E-state index contributed by atoms with van der Waals surface area (Å²) in [5, 5.41) is 12.3. The third-order valence-corrected chi connectivity index (χ3v) is 7.66. The molecule has 4 aromatic rings. The highest BCUT2D eigenvalue weighted by atomic mass is 31.2. The van der Waals surface area contributed by atoms with Crippen molar-refractivity contribution >= 4 is 37.4 Å². The lowest BCUT2D eigenvalue weighted by Gasteiger charge is -2.17. The fraction of sp³-hybridized carbons (Fsp3) is 0.286. The molecule has 222 valence electrons. The number of nitrogens with zero attached hydrogens (tertiary/aromatic N) is 4. The highest BCUT2D eigenvalue weighted by molar-refractivity contribution is 7.46. The maximum Gasteiger partial charge on any atom is 0.421 e. The Bertz CT molecular complexity index is 1510. The van der Waals surface area contributed by atoms with Crippen LogP contribution in [-0.4, -0.2) is 45.9 Å². The van der Waals surface area contributed by atoms with Crippen LogP contribution in [0.4, 0.5) is 36.3 Å². The van der Waals surface area contributed by atoms with Gasteiger partial charge in [-0.15, -0.1) is 0 Å². The number of rotatable bonds is 12. The molecule has 3 N–H and O–H groups in total. The average Bonchev–Trinajstić information content (AvgIpc) is 3.40. The lowest BCUT2D eigenvalue weighted by atomic mass is 10.0. The minimum absolute atomic E-state index is 0.0578. The molecule has 0 aliphatic rings. The molecule has 0 bridgehead atoms. The van der Waals surface area contributed by atoms with Crippen LogP contribution in [0.5, 0.6) is 0 Å². The van der Waals surface area contributed by atoms with Gasteiger partial charge in [0.15, 0.2) is 8.38 Å². The quantitative estimate of drug-likeness (QED) is 0.155. The minimum Gasteiger partial charge on any atom is -0.355 e. The van der Waals surface area contributed by atoms with E-state index in [9.17, 15) is 18.0 Å². The van der Waals surface area contributed by atoms with Gasteiger partial charge in [0, 0.05) is 43.9 Å². The van der Waals surface area contributed by atoms with E-state index in [1.807, 2.05) is 26.0 Å². The largest absolute Gasteiger partial charge is 0.421 e. The van der Waals surface area contributed by atoms with E-state index in [4.69, 9.17) is 9.05 Å². The van der Waals surface area contributed by atoms with E-state index in [0.717, 1.165) is 11.1 Å². The predicted octanol–water partition coefficient (Wildman–Crippen LogP) is 6.63. The van der Waals surface area contributed by atoms with E-state index in [1.165, 1.54) is 13.1 Å². The first kappa shape index (κ1) is 30.9.